The molecule has 2 aromatic carbocycles. The monoisotopic (exact) mass is 373 g/mol. The zero-order chi connectivity index (χ0) is 19.1. The Hall–Kier alpha value is -3.41. The molecule has 28 heavy (non-hydrogen) atoms. The molecule has 0 spiro atoms. The van der Waals surface area contributed by atoms with Gasteiger partial charge in [-0.15, -0.1) is 0 Å². The SMILES string of the molecule is O=C(C[C@H]1OC(=O)c2ccccc21)Nc1c2c(nn1-c1ccccc1)CCC2. The second-order valence-electron chi connectivity index (χ2n) is 7.11. The van der Waals surface area contributed by atoms with Crippen molar-refractivity contribution < 1.29 is 14.3 Å². The van der Waals surface area contributed by atoms with E-state index in [4.69, 9.17) is 9.84 Å². The third-order valence-corrected chi connectivity index (χ3v) is 5.31. The summed E-state index contributed by atoms with van der Waals surface area (Å²) < 4.78 is 7.21. The maximum absolute atomic E-state index is 12.8. The molecule has 1 aromatic heterocycles. The molecule has 0 bridgehead atoms. The van der Waals surface area contributed by atoms with Crippen molar-refractivity contribution in [1.29, 1.82) is 0 Å². The molecule has 0 unspecified atom stereocenters. The topological polar surface area (TPSA) is 73.2 Å². The first-order valence-corrected chi connectivity index (χ1v) is 9.46. The molecule has 3 aromatic rings. The Balaban J connectivity index is 1.41. The molecule has 5 rings (SSSR count). The number of hydrogen-bond acceptors (Lipinski definition) is 4. The van der Waals surface area contributed by atoms with Gasteiger partial charge in [-0.2, -0.15) is 5.10 Å². The van der Waals surface area contributed by atoms with Crippen LogP contribution in [0.1, 0.15) is 46.1 Å². The van der Waals surface area contributed by atoms with Crippen molar-refractivity contribution in [1.82, 2.24) is 9.78 Å². The normalized spacial score (nSPS) is 17.1. The Kier molecular flexibility index (Phi) is 3.97. The number of fused-ring (bicyclic) bond motifs is 2. The number of hydrogen-bond donors (Lipinski definition) is 1. The van der Waals surface area contributed by atoms with Gasteiger partial charge in [0.2, 0.25) is 5.91 Å². The van der Waals surface area contributed by atoms with Gasteiger partial charge in [0.05, 0.1) is 23.4 Å². The van der Waals surface area contributed by atoms with Gasteiger partial charge in [0.15, 0.2) is 0 Å². The smallest absolute Gasteiger partial charge is 0.339 e. The van der Waals surface area contributed by atoms with Crippen LogP contribution in [-0.4, -0.2) is 21.7 Å². The van der Waals surface area contributed by atoms with Crippen LogP contribution < -0.4 is 5.32 Å². The number of nitrogens with one attached hydrogen (secondary N) is 1. The van der Waals surface area contributed by atoms with E-state index in [-0.39, 0.29) is 18.3 Å². The zero-order valence-electron chi connectivity index (χ0n) is 15.2. The predicted molar refractivity (Wildman–Crippen MR) is 103 cm³/mol. The fourth-order valence-electron chi connectivity index (χ4n) is 4.00. The molecule has 1 atom stereocenters. The number of amides is 1. The quantitative estimate of drug-likeness (QED) is 0.709. The lowest BCUT2D eigenvalue weighted by Gasteiger charge is -2.13. The van der Waals surface area contributed by atoms with Crippen molar-refractivity contribution >= 4 is 17.7 Å². The first-order chi connectivity index (χ1) is 13.7. The van der Waals surface area contributed by atoms with E-state index in [1.54, 1.807) is 16.8 Å². The molecule has 0 fully saturated rings. The number of para-hydroxylation sites is 1. The van der Waals surface area contributed by atoms with Crippen LogP contribution in [0.3, 0.4) is 0 Å². The third-order valence-electron chi connectivity index (χ3n) is 5.31. The molecule has 1 aliphatic heterocycles. The number of anilines is 1. The Bertz CT molecular complexity index is 1070. The van der Waals surface area contributed by atoms with E-state index in [1.165, 1.54) is 0 Å². The summed E-state index contributed by atoms with van der Waals surface area (Å²) >= 11 is 0. The average Bonchev–Trinajstić information content (AvgIpc) is 3.38. The van der Waals surface area contributed by atoms with Crippen LogP contribution in [-0.2, 0) is 22.4 Å². The highest BCUT2D eigenvalue weighted by Crippen LogP contribution is 2.34. The van der Waals surface area contributed by atoms with Crippen molar-refractivity contribution in [3.63, 3.8) is 0 Å². The molecule has 2 heterocycles. The third kappa shape index (κ3) is 2.78. The Morgan fingerprint density at radius 2 is 1.89 bits per heavy atom. The van der Waals surface area contributed by atoms with Crippen LogP contribution in [0.4, 0.5) is 5.82 Å². The molecule has 0 saturated heterocycles. The Morgan fingerprint density at radius 1 is 1.11 bits per heavy atom. The molecular weight excluding hydrogens is 354 g/mol. The van der Waals surface area contributed by atoms with Crippen molar-refractivity contribution in [3.8, 4) is 5.69 Å². The van der Waals surface area contributed by atoms with Gasteiger partial charge < -0.3 is 10.1 Å². The van der Waals surface area contributed by atoms with Gasteiger partial charge in [0.25, 0.3) is 0 Å². The molecule has 1 N–H and O–H groups in total. The minimum atomic E-state index is -0.551. The number of carbonyl (C=O) groups excluding carboxylic acids is 2. The molecular formula is C22H19N3O3. The summed E-state index contributed by atoms with van der Waals surface area (Å²) in [6.45, 7) is 0. The number of aryl methyl sites for hydroxylation is 1. The number of rotatable bonds is 4. The first-order valence-electron chi connectivity index (χ1n) is 9.46. The molecule has 140 valence electrons. The van der Waals surface area contributed by atoms with Crippen LogP contribution >= 0.6 is 0 Å². The van der Waals surface area contributed by atoms with Gasteiger partial charge in [-0.25, -0.2) is 9.48 Å². The Labute approximate surface area is 162 Å². The van der Waals surface area contributed by atoms with Gasteiger partial charge in [-0.3, -0.25) is 4.79 Å². The maximum Gasteiger partial charge on any atom is 0.339 e. The van der Waals surface area contributed by atoms with E-state index < -0.39 is 6.10 Å². The molecule has 0 saturated carbocycles. The Morgan fingerprint density at radius 3 is 2.75 bits per heavy atom. The van der Waals surface area contributed by atoms with Crippen LogP contribution in [0.25, 0.3) is 5.69 Å². The van der Waals surface area contributed by atoms with Gasteiger partial charge in [-0.05, 0) is 37.5 Å². The summed E-state index contributed by atoms with van der Waals surface area (Å²) in [6.07, 6.45) is 2.40. The number of carbonyl (C=O) groups is 2. The largest absolute Gasteiger partial charge is 0.453 e. The zero-order valence-corrected chi connectivity index (χ0v) is 15.2. The van der Waals surface area contributed by atoms with Crippen LogP contribution in [0, 0.1) is 0 Å². The summed E-state index contributed by atoms with van der Waals surface area (Å²) in [7, 11) is 0. The molecule has 2 aliphatic rings. The highest BCUT2D eigenvalue weighted by atomic mass is 16.5. The fraction of sp³-hybridized carbons (Fsp3) is 0.227. The second kappa shape index (κ2) is 6.64. The van der Waals surface area contributed by atoms with Crippen LogP contribution in [0.15, 0.2) is 54.6 Å². The number of aromatic nitrogens is 2. The number of ether oxygens (including phenoxy) is 1. The first kappa shape index (κ1) is 16.7. The number of esters is 1. The predicted octanol–water partition coefficient (Wildman–Crippen LogP) is 3.60. The van der Waals surface area contributed by atoms with E-state index in [1.807, 2.05) is 42.5 Å². The van der Waals surface area contributed by atoms with Crippen molar-refractivity contribution in [2.45, 2.75) is 31.8 Å². The van der Waals surface area contributed by atoms with Gasteiger partial charge in [-0.1, -0.05) is 36.4 Å². The van der Waals surface area contributed by atoms with E-state index in [0.717, 1.165) is 47.6 Å². The van der Waals surface area contributed by atoms with E-state index in [9.17, 15) is 9.59 Å². The molecule has 6 heteroatoms. The second-order valence-corrected chi connectivity index (χ2v) is 7.11. The number of nitrogens with zero attached hydrogens (tertiary/aromatic N) is 2. The van der Waals surface area contributed by atoms with E-state index in [0.29, 0.717) is 5.56 Å². The van der Waals surface area contributed by atoms with Crippen LogP contribution in [0.5, 0.6) is 0 Å². The molecule has 1 amide bonds. The minimum absolute atomic E-state index is 0.0808. The maximum atomic E-state index is 12.8. The summed E-state index contributed by atoms with van der Waals surface area (Å²) in [5.41, 5.74) is 4.35. The fourth-order valence-corrected chi connectivity index (χ4v) is 4.00. The van der Waals surface area contributed by atoms with Crippen molar-refractivity contribution in [2.24, 2.45) is 0 Å². The lowest BCUT2D eigenvalue weighted by atomic mass is 10.0. The minimum Gasteiger partial charge on any atom is -0.453 e. The van der Waals surface area contributed by atoms with Crippen molar-refractivity contribution in [3.05, 3.63) is 77.0 Å². The summed E-state index contributed by atoms with van der Waals surface area (Å²) in [5.74, 6) is 0.159. The summed E-state index contributed by atoms with van der Waals surface area (Å²) in [4.78, 5) is 24.8. The lowest BCUT2D eigenvalue weighted by molar-refractivity contribution is -0.118. The van der Waals surface area contributed by atoms with Crippen LogP contribution in [0.2, 0.25) is 0 Å². The molecule has 1 aliphatic carbocycles. The average molecular weight is 373 g/mol. The van der Waals surface area contributed by atoms with Gasteiger partial charge >= 0.3 is 5.97 Å². The summed E-state index contributed by atoms with van der Waals surface area (Å²) in [5, 5.41) is 7.74. The van der Waals surface area contributed by atoms with Gasteiger partial charge in [0, 0.05) is 11.1 Å². The number of benzene rings is 2. The standard InChI is InChI=1S/C22H19N3O3/c26-20(13-19-15-9-4-5-10-16(15)22(27)28-19)23-21-17-11-6-12-18(17)24-25(21)14-7-2-1-3-8-14/h1-5,7-10,19H,6,11-13H2,(H,23,26)/t19-/m1/s1. The van der Waals surface area contributed by atoms with E-state index >= 15 is 0 Å². The summed E-state index contributed by atoms with van der Waals surface area (Å²) in [6, 6.07) is 17.0. The highest BCUT2D eigenvalue weighted by molar-refractivity contribution is 5.96. The highest BCUT2D eigenvalue weighted by Gasteiger charge is 2.33. The molecule has 0 radical (unpaired) electrons. The van der Waals surface area contributed by atoms with Crippen molar-refractivity contribution in [2.75, 3.05) is 5.32 Å². The lowest BCUT2D eigenvalue weighted by Crippen LogP contribution is -2.19. The van der Waals surface area contributed by atoms with Gasteiger partial charge in [0.1, 0.15) is 11.9 Å². The molecule has 6 nitrogen and oxygen atoms in total. The van der Waals surface area contributed by atoms with E-state index in [2.05, 4.69) is 5.32 Å². The number of cyclic esters (lactones) is 1.